The summed E-state index contributed by atoms with van der Waals surface area (Å²) in [5, 5.41) is 10.1. The van der Waals surface area contributed by atoms with Crippen molar-refractivity contribution in [3.63, 3.8) is 0 Å². The largest absolute Gasteiger partial charge is 0.493 e. The Bertz CT molecular complexity index is 929. The van der Waals surface area contributed by atoms with Gasteiger partial charge in [0.05, 0.1) is 12.3 Å². The number of para-hydroxylation sites is 1. The standard InChI is InChI=1S/C24H29N3O2/c1-4-5-14-29-23-9-7-6-8-20(23)21-15-22(27-26-21)24(28)25-16-18-10-12-19(13-11-18)17(2)3/h6-13,15,17H,4-5,14,16H2,1-3H3,(H,25,28)(H,26,27). The third kappa shape index (κ3) is 5.47. The van der Waals surface area contributed by atoms with E-state index in [9.17, 15) is 4.79 Å². The van der Waals surface area contributed by atoms with Crippen LogP contribution in [0.4, 0.5) is 0 Å². The lowest BCUT2D eigenvalue weighted by atomic mass is 10.0. The summed E-state index contributed by atoms with van der Waals surface area (Å²) in [6, 6.07) is 17.9. The number of carbonyl (C=O) groups excluding carboxylic acids is 1. The van der Waals surface area contributed by atoms with Crippen LogP contribution >= 0.6 is 0 Å². The van der Waals surface area contributed by atoms with E-state index in [1.165, 1.54) is 5.56 Å². The Morgan fingerprint density at radius 3 is 2.62 bits per heavy atom. The maximum atomic E-state index is 12.5. The molecule has 1 aromatic heterocycles. The summed E-state index contributed by atoms with van der Waals surface area (Å²) in [5.74, 6) is 1.10. The first-order valence-corrected chi connectivity index (χ1v) is 10.2. The molecule has 0 radical (unpaired) electrons. The van der Waals surface area contributed by atoms with Crippen LogP contribution in [0.15, 0.2) is 54.6 Å². The lowest BCUT2D eigenvalue weighted by Crippen LogP contribution is -2.23. The maximum Gasteiger partial charge on any atom is 0.269 e. The number of carbonyl (C=O) groups is 1. The van der Waals surface area contributed by atoms with Crippen LogP contribution in [0.5, 0.6) is 5.75 Å². The quantitative estimate of drug-likeness (QED) is 0.486. The molecule has 0 aliphatic rings. The molecule has 0 aliphatic carbocycles. The number of benzene rings is 2. The van der Waals surface area contributed by atoms with Crippen LogP contribution in [0, 0.1) is 0 Å². The second kappa shape index (κ2) is 9.92. The topological polar surface area (TPSA) is 67.0 Å². The Morgan fingerprint density at radius 1 is 1.14 bits per heavy atom. The molecule has 0 bridgehead atoms. The maximum absolute atomic E-state index is 12.5. The molecule has 152 valence electrons. The summed E-state index contributed by atoms with van der Waals surface area (Å²) in [4.78, 5) is 12.5. The Labute approximate surface area is 172 Å². The highest BCUT2D eigenvalue weighted by Crippen LogP contribution is 2.29. The summed E-state index contributed by atoms with van der Waals surface area (Å²) < 4.78 is 5.88. The fourth-order valence-electron chi connectivity index (χ4n) is 3.00. The van der Waals surface area contributed by atoms with Crippen molar-refractivity contribution in [1.29, 1.82) is 0 Å². The molecule has 0 aliphatic heterocycles. The van der Waals surface area contributed by atoms with Crippen LogP contribution in [-0.4, -0.2) is 22.7 Å². The van der Waals surface area contributed by atoms with E-state index in [1.54, 1.807) is 6.07 Å². The minimum absolute atomic E-state index is 0.180. The van der Waals surface area contributed by atoms with Gasteiger partial charge in [-0.25, -0.2) is 0 Å². The predicted octanol–water partition coefficient (Wildman–Crippen LogP) is 5.31. The molecule has 0 spiro atoms. The Kier molecular flexibility index (Phi) is 7.06. The van der Waals surface area contributed by atoms with Gasteiger partial charge in [-0.3, -0.25) is 9.89 Å². The van der Waals surface area contributed by atoms with E-state index in [-0.39, 0.29) is 5.91 Å². The predicted molar refractivity (Wildman–Crippen MR) is 116 cm³/mol. The Balaban J connectivity index is 1.64. The highest BCUT2D eigenvalue weighted by atomic mass is 16.5. The third-order valence-electron chi connectivity index (χ3n) is 4.84. The van der Waals surface area contributed by atoms with E-state index in [4.69, 9.17) is 4.74 Å². The minimum Gasteiger partial charge on any atom is -0.493 e. The van der Waals surface area contributed by atoms with Crippen molar-refractivity contribution in [3.05, 3.63) is 71.4 Å². The zero-order valence-electron chi connectivity index (χ0n) is 17.4. The van der Waals surface area contributed by atoms with E-state index in [2.05, 4.69) is 60.6 Å². The monoisotopic (exact) mass is 391 g/mol. The van der Waals surface area contributed by atoms with Gasteiger partial charge in [-0.05, 0) is 41.7 Å². The number of hydrogen-bond acceptors (Lipinski definition) is 3. The van der Waals surface area contributed by atoms with Crippen LogP contribution in [0.25, 0.3) is 11.3 Å². The Morgan fingerprint density at radius 2 is 1.90 bits per heavy atom. The second-order valence-corrected chi connectivity index (χ2v) is 7.44. The molecule has 0 fully saturated rings. The van der Waals surface area contributed by atoms with E-state index < -0.39 is 0 Å². The first kappa shape index (κ1) is 20.6. The highest BCUT2D eigenvalue weighted by molar-refractivity contribution is 5.93. The van der Waals surface area contributed by atoms with Gasteiger partial charge < -0.3 is 10.1 Å². The van der Waals surface area contributed by atoms with Crippen LogP contribution in [0.3, 0.4) is 0 Å². The van der Waals surface area contributed by atoms with Crippen molar-refractivity contribution >= 4 is 5.91 Å². The van der Waals surface area contributed by atoms with Crippen molar-refractivity contribution in [2.24, 2.45) is 0 Å². The van der Waals surface area contributed by atoms with Gasteiger partial charge in [-0.1, -0.05) is 63.6 Å². The fraction of sp³-hybridized carbons (Fsp3) is 0.333. The van der Waals surface area contributed by atoms with Crippen LogP contribution in [0.2, 0.25) is 0 Å². The van der Waals surface area contributed by atoms with Crippen molar-refractivity contribution in [2.75, 3.05) is 6.61 Å². The molecule has 0 saturated heterocycles. The number of aromatic amines is 1. The summed E-state index contributed by atoms with van der Waals surface area (Å²) in [7, 11) is 0. The molecule has 0 unspecified atom stereocenters. The summed E-state index contributed by atoms with van der Waals surface area (Å²) >= 11 is 0. The molecule has 3 aromatic rings. The van der Waals surface area contributed by atoms with Crippen molar-refractivity contribution in [2.45, 2.75) is 46.1 Å². The SMILES string of the molecule is CCCCOc1ccccc1-c1cc(C(=O)NCc2ccc(C(C)C)cc2)[nH]n1. The second-order valence-electron chi connectivity index (χ2n) is 7.44. The van der Waals surface area contributed by atoms with Gasteiger partial charge in [0.15, 0.2) is 0 Å². The van der Waals surface area contributed by atoms with Gasteiger partial charge in [-0.15, -0.1) is 0 Å². The molecular formula is C24H29N3O2. The minimum atomic E-state index is -0.180. The van der Waals surface area contributed by atoms with E-state index in [0.29, 0.717) is 30.5 Å². The molecule has 3 rings (SSSR count). The van der Waals surface area contributed by atoms with Crippen molar-refractivity contribution in [1.82, 2.24) is 15.5 Å². The summed E-state index contributed by atoms with van der Waals surface area (Å²) in [6.45, 7) is 7.61. The molecule has 5 nitrogen and oxygen atoms in total. The zero-order valence-corrected chi connectivity index (χ0v) is 17.4. The lowest BCUT2D eigenvalue weighted by Gasteiger charge is -2.09. The Hall–Kier alpha value is -3.08. The number of nitrogens with zero attached hydrogens (tertiary/aromatic N) is 1. The highest BCUT2D eigenvalue weighted by Gasteiger charge is 2.14. The van der Waals surface area contributed by atoms with Crippen LogP contribution in [-0.2, 0) is 6.54 Å². The average Bonchev–Trinajstić information content (AvgIpc) is 3.23. The number of unbranched alkanes of at least 4 members (excludes halogenated alkanes) is 1. The number of aromatic nitrogens is 2. The summed E-state index contributed by atoms with van der Waals surface area (Å²) in [6.07, 6.45) is 2.08. The molecule has 1 heterocycles. The van der Waals surface area contributed by atoms with Crippen molar-refractivity contribution < 1.29 is 9.53 Å². The van der Waals surface area contributed by atoms with E-state index in [0.717, 1.165) is 29.7 Å². The van der Waals surface area contributed by atoms with Gasteiger partial charge in [0.2, 0.25) is 0 Å². The van der Waals surface area contributed by atoms with Crippen molar-refractivity contribution in [3.8, 4) is 17.0 Å². The first-order chi connectivity index (χ1) is 14.1. The number of amides is 1. The third-order valence-corrected chi connectivity index (χ3v) is 4.84. The number of nitrogens with one attached hydrogen (secondary N) is 2. The van der Waals surface area contributed by atoms with Gasteiger partial charge in [0, 0.05) is 12.1 Å². The van der Waals surface area contributed by atoms with Crippen LogP contribution < -0.4 is 10.1 Å². The summed E-state index contributed by atoms with van der Waals surface area (Å²) in [5.41, 5.74) is 4.36. The van der Waals surface area contributed by atoms with E-state index >= 15 is 0 Å². The molecule has 1 amide bonds. The normalized spacial score (nSPS) is 10.9. The van der Waals surface area contributed by atoms with Gasteiger partial charge >= 0.3 is 0 Å². The molecule has 2 N–H and O–H groups in total. The van der Waals surface area contributed by atoms with E-state index in [1.807, 2.05) is 24.3 Å². The molecule has 2 aromatic carbocycles. The smallest absolute Gasteiger partial charge is 0.269 e. The van der Waals surface area contributed by atoms with Gasteiger partial charge in [0.1, 0.15) is 11.4 Å². The number of hydrogen-bond donors (Lipinski definition) is 2. The molecule has 29 heavy (non-hydrogen) atoms. The molecule has 0 atom stereocenters. The van der Waals surface area contributed by atoms with Crippen LogP contribution in [0.1, 0.15) is 61.1 Å². The number of ether oxygens (including phenoxy) is 1. The molecule has 0 saturated carbocycles. The van der Waals surface area contributed by atoms with Gasteiger partial charge in [-0.2, -0.15) is 5.10 Å². The number of rotatable bonds is 9. The first-order valence-electron chi connectivity index (χ1n) is 10.2. The van der Waals surface area contributed by atoms with Gasteiger partial charge in [0.25, 0.3) is 5.91 Å². The fourth-order valence-corrected chi connectivity index (χ4v) is 3.00. The lowest BCUT2D eigenvalue weighted by molar-refractivity contribution is 0.0946. The molecular weight excluding hydrogens is 362 g/mol. The molecule has 5 heteroatoms. The number of H-pyrrole nitrogens is 1. The average molecular weight is 392 g/mol. The zero-order chi connectivity index (χ0) is 20.6.